The van der Waals surface area contributed by atoms with Crippen LogP contribution in [0, 0.1) is 13.8 Å². The molecule has 0 spiro atoms. The SMILES string of the molecule is Cc1ccc(C)c(CCCCNC2CC2)c1. The molecule has 1 aliphatic carbocycles. The maximum Gasteiger partial charge on any atom is 0.00682 e. The third kappa shape index (κ3) is 3.64. The van der Waals surface area contributed by atoms with Crippen molar-refractivity contribution in [3.05, 3.63) is 34.9 Å². The van der Waals surface area contributed by atoms with Gasteiger partial charge in [-0.15, -0.1) is 0 Å². The van der Waals surface area contributed by atoms with Crippen LogP contribution in [0.3, 0.4) is 0 Å². The molecule has 16 heavy (non-hydrogen) atoms. The van der Waals surface area contributed by atoms with E-state index in [1.807, 2.05) is 0 Å². The van der Waals surface area contributed by atoms with Gasteiger partial charge in [-0.1, -0.05) is 23.8 Å². The summed E-state index contributed by atoms with van der Waals surface area (Å²) in [6, 6.07) is 7.64. The fraction of sp³-hybridized carbons (Fsp3) is 0.600. The van der Waals surface area contributed by atoms with E-state index in [4.69, 9.17) is 0 Å². The van der Waals surface area contributed by atoms with Crippen LogP contribution in [-0.4, -0.2) is 12.6 Å². The summed E-state index contributed by atoms with van der Waals surface area (Å²) in [6.07, 6.45) is 6.65. The topological polar surface area (TPSA) is 12.0 Å². The van der Waals surface area contributed by atoms with Gasteiger partial charge in [0.05, 0.1) is 0 Å². The molecule has 1 N–H and O–H groups in total. The van der Waals surface area contributed by atoms with Crippen LogP contribution in [0.1, 0.15) is 42.4 Å². The molecule has 0 radical (unpaired) electrons. The zero-order valence-electron chi connectivity index (χ0n) is 10.6. The molecule has 0 bridgehead atoms. The second-order valence-electron chi connectivity index (χ2n) is 5.12. The van der Waals surface area contributed by atoms with Gasteiger partial charge in [0.2, 0.25) is 0 Å². The van der Waals surface area contributed by atoms with Gasteiger partial charge in [0.1, 0.15) is 0 Å². The Balaban J connectivity index is 1.69. The molecule has 0 atom stereocenters. The lowest BCUT2D eigenvalue weighted by molar-refractivity contribution is 0.619. The highest BCUT2D eigenvalue weighted by Gasteiger charge is 2.19. The molecule has 2 rings (SSSR count). The lowest BCUT2D eigenvalue weighted by Gasteiger charge is -2.07. The second-order valence-corrected chi connectivity index (χ2v) is 5.12. The molecule has 0 saturated heterocycles. The van der Waals surface area contributed by atoms with Crippen LogP contribution >= 0.6 is 0 Å². The smallest absolute Gasteiger partial charge is 0.00682 e. The molecule has 1 aliphatic rings. The summed E-state index contributed by atoms with van der Waals surface area (Å²) in [6.45, 7) is 5.60. The Morgan fingerprint density at radius 1 is 1.19 bits per heavy atom. The van der Waals surface area contributed by atoms with E-state index in [9.17, 15) is 0 Å². The predicted octanol–water partition coefficient (Wildman–Crippen LogP) is 3.38. The van der Waals surface area contributed by atoms with Crippen LogP contribution in [0.25, 0.3) is 0 Å². The quantitative estimate of drug-likeness (QED) is 0.720. The summed E-state index contributed by atoms with van der Waals surface area (Å²) in [5, 5.41) is 3.57. The third-order valence-corrected chi connectivity index (χ3v) is 3.39. The van der Waals surface area contributed by atoms with Crippen LogP contribution < -0.4 is 5.32 Å². The molecule has 1 aromatic carbocycles. The Hall–Kier alpha value is -0.820. The highest BCUT2D eigenvalue weighted by atomic mass is 14.9. The molecule has 0 amide bonds. The van der Waals surface area contributed by atoms with Crippen LogP contribution in [-0.2, 0) is 6.42 Å². The van der Waals surface area contributed by atoms with Crippen molar-refractivity contribution in [3.63, 3.8) is 0 Å². The van der Waals surface area contributed by atoms with E-state index in [1.165, 1.54) is 55.3 Å². The lowest BCUT2D eigenvalue weighted by Crippen LogP contribution is -2.17. The Bertz CT molecular complexity index is 339. The summed E-state index contributed by atoms with van der Waals surface area (Å²) >= 11 is 0. The maximum atomic E-state index is 3.57. The number of aryl methyl sites for hydroxylation is 3. The second kappa shape index (κ2) is 5.49. The molecule has 1 fully saturated rings. The van der Waals surface area contributed by atoms with E-state index in [2.05, 4.69) is 37.4 Å². The maximum absolute atomic E-state index is 3.57. The number of hydrogen-bond donors (Lipinski definition) is 1. The molecular weight excluding hydrogens is 194 g/mol. The molecule has 1 nitrogen and oxygen atoms in total. The summed E-state index contributed by atoms with van der Waals surface area (Å²) in [7, 11) is 0. The van der Waals surface area contributed by atoms with Gasteiger partial charge in [-0.25, -0.2) is 0 Å². The molecule has 0 heterocycles. The van der Waals surface area contributed by atoms with Crippen LogP contribution in [0.2, 0.25) is 0 Å². The average Bonchev–Trinajstić information content (AvgIpc) is 3.06. The minimum atomic E-state index is 0.862. The Morgan fingerprint density at radius 2 is 2.00 bits per heavy atom. The predicted molar refractivity (Wildman–Crippen MR) is 69.9 cm³/mol. The molecular formula is C15H23N. The van der Waals surface area contributed by atoms with Crippen molar-refractivity contribution in [3.8, 4) is 0 Å². The standard InChI is InChI=1S/C15H23N/c1-12-6-7-13(2)14(11-12)5-3-4-10-16-15-8-9-15/h6-7,11,15-16H,3-5,8-10H2,1-2H3. The normalized spacial score (nSPS) is 15.4. The Labute approximate surface area is 99.3 Å². The lowest BCUT2D eigenvalue weighted by atomic mass is 10.0. The van der Waals surface area contributed by atoms with Crippen LogP contribution in [0.4, 0.5) is 0 Å². The number of unbranched alkanes of at least 4 members (excludes halogenated alkanes) is 1. The first-order chi connectivity index (χ1) is 7.75. The van der Waals surface area contributed by atoms with E-state index in [-0.39, 0.29) is 0 Å². The molecule has 88 valence electrons. The van der Waals surface area contributed by atoms with Crippen molar-refractivity contribution in [2.24, 2.45) is 0 Å². The van der Waals surface area contributed by atoms with Gasteiger partial charge in [0, 0.05) is 6.04 Å². The Morgan fingerprint density at radius 3 is 2.75 bits per heavy atom. The van der Waals surface area contributed by atoms with E-state index >= 15 is 0 Å². The van der Waals surface area contributed by atoms with Gasteiger partial charge in [-0.2, -0.15) is 0 Å². The van der Waals surface area contributed by atoms with Crippen molar-refractivity contribution in [2.75, 3.05) is 6.54 Å². The summed E-state index contributed by atoms with van der Waals surface area (Å²) in [4.78, 5) is 0. The van der Waals surface area contributed by atoms with Gasteiger partial charge in [-0.3, -0.25) is 0 Å². The van der Waals surface area contributed by atoms with Crippen LogP contribution in [0.15, 0.2) is 18.2 Å². The third-order valence-electron chi connectivity index (χ3n) is 3.39. The number of benzene rings is 1. The van der Waals surface area contributed by atoms with Crippen LogP contribution in [0.5, 0.6) is 0 Å². The average molecular weight is 217 g/mol. The molecule has 1 saturated carbocycles. The molecule has 1 aromatic rings. The van der Waals surface area contributed by atoms with E-state index < -0.39 is 0 Å². The van der Waals surface area contributed by atoms with Gasteiger partial charge in [-0.05, 0) is 63.6 Å². The van der Waals surface area contributed by atoms with Gasteiger partial charge < -0.3 is 5.32 Å². The first-order valence-corrected chi connectivity index (χ1v) is 6.55. The van der Waals surface area contributed by atoms with Crippen molar-refractivity contribution in [1.29, 1.82) is 0 Å². The van der Waals surface area contributed by atoms with Crippen molar-refractivity contribution in [2.45, 2.75) is 52.0 Å². The molecule has 0 unspecified atom stereocenters. The first-order valence-electron chi connectivity index (χ1n) is 6.55. The molecule has 0 aromatic heterocycles. The number of rotatable bonds is 6. The highest BCUT2D eigenvalue weighted by Crippen LogP contribution is 2.18. The minimum Gasteiger partial charge on any atom is -0.314 e. The fourth-order valence-corrected chi connectivity index (χ4v) is 2.10. The number of hydrogen-bond acceptors (Lipinski definition) is 1. The van der Waals surface area contributed by atoms with Gasteiger partial charge >= 0.3 is 0 Å². The Kier molecular flexibility index (Phi) is 4.00. The van der Waals surface area contributed by atoms with Crippen molar-refractivity contribution in [1.82, 2.24) is 5.32 Å². The monoisotopic (exact) mass is 217 g/mol. The highest BCUT2D eigenvalue weighted by molar-refractivity contribution is 5.30. The van der Waals surface area contributed by atoms with Crippen molar-refractivity contribution < 1.29 is 0 Å². The number of nitrogens with one attached hydrogen (secondary N) is 1. The van der Waals surface area contributed by atoms with Gasteiger partial charge in [0.15, 0.2) is 0 Å². The summed E-state index contributed by atoms with van der Waals surface area (Å²) in [5.74, 6) is 0. The zero-order chi connectivity index (χ0) is 11.4. The molecule has 1 heteroatoms. The first kappa shape index (κ1) is 11.7. The summed E-state index contributed by atoms with van der Waals surface area (Å²) in [5.41, 5.74) is 4.36. The van der Waals surface area contributed by atoms with E-state index in [1.54, 1.807) is 0 Å². The summed E-state index contributed by atoms with van der Waals surface area (Å²) < 4.78 is 0. The van der Waals surface area contributed by atoms with Gasteiger partial charge in [0.25, 0.3) is 0 Å². The molecule has 0 aliphatic heterocycles. The van der Waals surface area contributed by atoms with Crippen molar-refractivity contribution >= 4 is 0 Å². The minimum absolute atomic E-state index is 0.862. The zero-order valence-corrected chi connectivity index (χ0v) is 10.6. The van der Waals surface area contributed by atoms with E-state index in [0.717, 1.165) is 6.04 Å². The largest absolute Gasteiger partial charge is 0.314 e. The fourth-order valence-electron chi connectivity index (χ4n) is 2.10. The van der Waals surface area contributed by atoms with E-state index in [0.29, 0.717) is 0 Å².